The van der Waals surface area contributed by atoms with Crippen LogP contribution in [0.15, 0.2) is 77.7 Å². The van der Waals surface area contributed by atoms with Crippen LogP contribution in [0.25, 0.3) is 0 Å². The molecule has 8 heteroatoms. The highest BCUT2D eigenvalue weighted by atomic mass is 32.2. The number of ether oxygens (including phenoxy) is 1. The summed E-state index contributed by atoms with van der Waals surface area (Å²) in [5, 5.41) is 2.93. The van der Waals surface area contributed by atoms with E-state index in [0.29, 0.717) is 38.3 Å². The van der Waals surface area contributed by atoms with E-state index in [1.54, 1.807) is 36.4 Å². The largest absolute Gasteiger partial charge is 0.489 e. The van der Waals surface area contributed by atoms with Crippen LogP contribution in [0.4, 0.5) is 4.39 Å². The standard InChI is InChI=1S/C27H29FN2O4S/c1-20-4-14-26(15-5-20)35(32,33)30-16-2-3-23(18-30)27(31)29-17-21-8-12-25(13-9-21)34-19-22-6-10-24(28)11-7-22/h4-15,23H,2-3,16-19H2,1H3,(H,29,31)/t23-/m0/s1. The van der Waals surface area contributed by atoms with Gasteiger partial charge in [0.05, 0.1) is 10.8 Å². The lowest BCUT2D eigenvalue weighted by Crippen LogP contribution is -2.45. The van der Waals surface area contributed by atoms with Gasteiger partial charge in [0.15, 0.2) is 0 Å². The van der Waals surface area contributed by atoms with Crippen molar-refractivity contribution in [2.75, 3.05) is 13.1 Å². The number of hydrogen-bond donors (Lipinski definition) is 1. The lowest BCUT2D eigenvalue weighted by atomic mass is 9.99. The van der Waals surface area contributed by atoms with Gasteiger partial charge in [-0.1, -0.05) is 42.0 Å². The molecule has 4 rings (SSSR count). The monoisotopic (exact) mass is 496 g/mol. The fourth-order valence-corrected chi connectivity index (χ4v) is 5.54. The van der Waals surface area contributed by atoms with E-state index in [1.165, 1.54) is 16.4 Å². The number of hydrogen-bond acceptors (Lipinski definition) is 4. The summed E-state index contributed by atoms with van der Waals surface area (Å²) in [7, 11) is -3.62. The number of amides is 1. The molecule has 0 bridgehead atoms. The Morgan fingerprint density at radius 2 is 1.66 bits per heavy atom. The Balaban J connectivity index is 1.28. The second-order valence-corrected chi connectivity index (χ2v) is 10.7. The Hall–Kier alpha value is -3.23. The van der Waals surface area contributed by atoms with E-state index in [1.807, 2.05) is 31.2 Å². The maximum absolute atomic E-state index is 13.0. The maximum Gasteiger partial charge on any atom is 0.243 e. The molecule has 35 heavy (non-hydrogen) atoms. The maximum atomic E-state index is 13.0. The predicted octanol–water partition coefficient (Wildman–Crippen LogP) is 4.43. The molecule has 0 saturated carbocycles. The van der Waals surface area contributed by atoms with Gasteiger partial charge in [0.25, 0.3) is 0 Å². The number of nitrogens with one attached hydrogen (secondary N) is 1. The van der Waals surface area contributed by atoms with E-state index < -0.39 is 10.0 Å². The van der Waals surface area contributed by atoms with E-state index in [4.69, 9.17) is 4.74 Å². The molecule has 6 nitrogen and oxygen atoms in total. The molecule has 0 unspecified atom stereocenters. The van der Waals surface area contributed by atoms with Gasteiger partial charge in [-0.25, -0.2) is 12.8 Å². The highest BCUT2D eigenvalue weighted by Crippen LogP contribution is 2.24. The number of rotatable bonds is 8. The number of carbonyl (C=O) groups excluding carboxylic acids is 1. The Bertz CT molecular complexity index is 1240. The van der Waals surface area contributed by atoms with Crippen molar-refractivity contribution in [3.05, 3.63) is 95.3 Å². The van der Waals surface area contributed by atoms with Crippen LogP contribution in [0.2, 0.25) is 0 Å². The number of halogens is 1. The summed E-state index contributed by atoms with van der Waals surface area (Å²) in [6.07, 6.45) is 1.30. The molecule has 0 aliphatic carbocycles. The molecule has 0 spiro atoms. The van der Waals surface area contributed by atoms with Crippen molar-refractivity contribution in [2.45, 2.75) is 37.8 Å². The summed E-state index contributed by atoms with van der Waals surface area (Å²) in [5.41, 5.74) is 2.77. The molecular weight excluding hydrogens is 467 g/mol. The van der Waals surface area contributed by atoms with Gasteiger partial charge in [0.1, 0.15) is 18.2 Å². The van der Waals surface area contributed by atoms with Crippen LogP contribution in [-0.2, 0) is 28.0 Å². The van der Waals surface area contributed by atoms with Gasteiger partial charge in [-0.15, -0.1) is 0 Å². The molecule has 184 valence electrons. The number of benzene rings is 3. The number of carbonyl (C=O) groups is 1. The third kappa shape index (κ3) is 6.46. The van der Waals surface area contributed by atoms with Crippen LogP contribution in [0.3, 0.4) is 0 Å². The van der Waals surface area contributed by atoms with Gasteiger partial charge < -0.3 is 10.1 Å². The smallest absolute Gasteiger partial charge is 0.243 e. The van der Waals surface area contributed by atoms with Crippen LogP contribution < -0.4 is 10.1 Å². The summed E-state index contributed by atoms with van der Waals surface area (Å²) in [6.45, 7) is 3.18. The second kappa shape index (κ2) is 11.0. The number of piperidine rings is 1. The molecule has 0 radical (unpaired) electrons. The minimum absolute atomic E-state index is 0.148. The minimum atomic E-state index is -3.62. The molecule has 3 aromatic carbocycles. The SMILES string of the molecule is Cc1ccc(S(=O)(=O)N2CCC[C@H](C(=O)NCc3ccc(OCc4ccc(F)cc4)cc3)C2)cc1. The van der Waals surface area contributed by atoms with Crippen molar-refractivity contribution in [2.24, 2.45) is 5.92 Å². The minimum Gasteiger partial charge on any atom is -0.489 e. The third-order valence-electron chi connectivity index (χ3n) is 6.12. The first-order valence-corrected chi connectivity index (χ1v) is 13.1. The predicted molar refractivity (Wildman–Crippen MR) is 132 cm³/mol. The molecule has 1 heterocycles. The topological polar surface area (TPSA) is 75.7 Å². The zero-order chi connectivity index (χ0) is 24.8. The van der Waals surface area contributed by atoms with Gasteiger partial charge in [-0.2, -0.15) is 4.31 Å². The average molecular weight is 497 g/mol. The third-order valence-corrected chi connectivity index (χ3v) is 8.00. The zero-order valence-corrected chi connectivity index (χ0v) is 20.4. The molecule has 1 atom stereocenters. The lowest BCUT2D eigenvalue weighted by Gasteiger charge is -2.31. The van der Waals surface area contributed by atoms with E-state index in [-0.39, 0.29) is 29.1 Å². The van der Waals surface area contributed by atoms with Crippen LogP contribution in [0, 0.1) is 18.7 Å². The fourth-order valence-electron chi connectivity index (χ4n) is 4.02. The van der Waals surface area contributed by atoms with Crippen molar-refractivity contribution < 1.29 is 22.3 Å². The van der Waals surface area contributed by atoms with Gasteiger partial charge in [-0.05, 0) is 67.3 Å². The molecule has 0 aromatic heterocycles. The molecular formula is C27H29FN2O4S. The molecule has 1 aliphatic rings. The quantitative estimate of drug-likeness (QED) is 0.501. The Morgan fingerprint density at radius 3 is 2.34 bits per heavy atom. The van der Waals surface area contributed by atoms with Gasteiger partial charge >= 0.3 is 0 Å². The number of nitrogens with zero attached hydrogens (tertiary/aromatic N) is 1. The van der Waals surface area contributed by atoms with Crippen LogP contribution in [0.5, 0.6) is 5.75 Å². The van der Waals surface area contributed by atoms with Crippen molar-refractivity contribution in [3.63, 3.8) is 0 Å². The average Bonchev–Trinajstić information content (AvgIpc) is 2.88. The van der Waals surface area contributed by atoms with Crippen molar-refractivity contribution >= 4 is 15.9 Å². The molecule has 1 N–H and O–H groups in total. The first-order valence-electron chi connectivity index (χ1n) is 11.6. The highest BCUT2D eigenvalue weighted by molar-refractivity contribution is 7.89. The molecule has 1 saturated heterocycles. The first-order chi connectivity index (χ1) is 16.8. The lowest BCUT2D eigenvalue weighted by molar-refractivity contribution is -0.126. The Morgan fingerprint density at radius 1 is 1.00 bits per heavy atom. The van der Waals surface area contributed by atoms with Gasteiger partial charge in [-0.3, -0.25) is 4.79 Å². The molecule has 1 amide bonds. The molecule has 1 aliphatic heterocycles. The Labute approximate surface area is 205 Å². The van der Waals surface area contributed by atoms with Crippen LogP contribution in [0.1, 0.15) is 29.5 Å². The van der Waals surface area contributed by atoms with E-state index in [9.17, 15) is 17.6 Å². The first kappa shape index (κ1) is 24.9. The summed E-state index contributed by atoms with van der Waals surface area (Å²) in [4.78, 5) is 13.0. The van der Waals surface area contributed by atoms with E-state index in [0.717, 1.165) is 16.7 Å². The van der Waals surface area contributed by atoms with E-state index in [2.05, 4.69) is 5.32 Å². The summed E-state index contributed by atoms with van der Waals surface area (Å²) in [5.74, 6) is -0.143. The second-order valence-electron chi connectivity index (χ2n) is 8.79. The number of sulfonamides is 1. The van der Waals surface area contributed by atoms with Crippen molar-refractivity contribution in [1.29, 1.82) is 0 Å². The van der Waals surface area contributed by atoms with Crippen molar-refractivity contribution in [1.82, 2.24) is 9.62 Å². The summed E-state index contributed by atoms with van der Waals surface area (Å²) < 4.78 is 46.1. The molecule has 3 aromatic rings. The van der Waals surface area contributed by atoms with Gasteiger partial charge in [0, 0.05) is 19.6 Å². The number of aryl methyl sites for hydroxylation is 1. The summed E-state index contributed by atoms with van der Waals surface area (Å²) in [6, 6.07) is 20.3. The normalized spacial score (nSPS) is 16.6. The van der Waals surface area contributed by atoms with Gasteiger partial charge in [0.2, 0.25) is 15.9 Å². The highest BCUT2D eigenvalue weighted by Gasteiger charge is 2.33. The fraction of sp³-hybridized carbons (Fsp3) is 0.296. The Kier molecular flexibility index (Phi) is 7.83. The molecule has 1 fully saturated rings. The van der Waals surface area contributed by atoms with E-state index >= 15 is 0 Å². The zero-order valence-electron chi connectivity index (χ0n) is 19.6. The summed E-state index contributed by atoms with van der Waals surface area (Å²) >= 11 is 0. The van der Waals surface area contributed by atoms with Crippen LogP contribution in [-0.4, -0.2) is 31.7 Å². The van der Waals surface area contributed by atoms with Crippen LogP contribution >= 0.6 is 0 Å². The van der Waals surface area contributed by atoms with Crippen molar-refractivity contribution in [3.8, 4) is 5.75 Å².